The third-order valence-corrected chi connectivity index (χ3v) is 7.03. The first kappa shape index (κ1) is 22.5. The van der Waals surface area contributed by atoms with Gasteiger partial charge in [-0.25, -0.2) is 12.7 Å². The average molecular weight is 421 g/mol. The molecule has 2 aromatic rings. The number of carbonyl (C=O) groups is 1. The maximum Gasteiger partial charge on any atom is 0.242 e. The number of anilines is 1. The van der Waals surface area contributed by atoms with E-state index < -0.39 is 10.0 Å². The van der Waals surface area contributed by atoms with Gasteiger partial charge in [0.05, 0.1) is 10.6 Å². The lowest BCUT2D eigenvalue weighted by Gasteiger charge is -2.19. The van der Waals surface area contributed by atoms with Crippen molar-refractivity contribution in [2.45, 2.75) is 36.8 Å². The monoisotopic (exact) mass is 420 g/mol. The Balaban J connectivity index is 1.90. The highest BCUT2D eigenvalue weighted by Crippen LogP contribution is 2.23. The molecule has 0 aliphatic heterocycles. The number of carbonyl (C=O) groups excluding carboxylic acids is 1. The first-order valence-corrected chi connectivity index (χ1v) is 11.6. The lowest BCUT2D eigenvalue weighted by atomic mass is 9.87. The van der Waals surface area contributed by atoms with Gasteiger partial charge in [-0.3, -0.25) is 4.79 Å². The van der Waals surface area contributed by atoms with E-state index in [0.29, 0.717) is 11.4 Å². The summed E-state index contributed by atoms with van der Waals surface area (Å²) < 4.78 is 25.5. The summed E-state index contributed by atoms with van der Waals surface area (Å²) in [7, 11) is -0.571. The van der Waals surface area contributed by atoms with E-state index in [9.17, 15) is 13.2 Å². The quantitative estimate of drug-likeness (QED) is 0.732. The fourth-order valence-electron chi connectivity index (χ4n) is 2.50. The minimum atomic E-state index is -3.53. The van der Waals surface area contributed by atoms with Gasteiger partial charge in [0.15, 0.2) is 0 Å². The van der Waals surface area contributed by atoms with E-state index in [1.54, 1.807) is 12.1 Å². The number of nitrogens with zero attached hydrogens (tertiary/aromatic N) is 1. The molecule has 0 aromatic heterocycles. The Morgan fingerprint density at radius 1 is 1.07 bits per heavy atom. The van der Waals surface area contributed by atoms with Crippen LogP contribution in [0.3, 0.4) is 0 Å². The number of benzene rings is 2. The lowest BCUT2D eigenvalue weighted by molar-refractivity contribution is -0.113. The molecule has 0 heterocycles. The van der Waals surface area contributed by atoms with Gasteiger partial charge >= 0.3 is 0 Å². The number of nitrogens with one attached hydrogen (secondary N) is 1. The van der Waals surface area contributed by atoms with Crippen LogP contribution in [0.2, 0.25) is 0 Å². The van der Waals surface area contributed by atoms with Crippen molar-refractivity contribution >= 4 is 33.4 Å². The fraction of sp³-hybridized carbons (Fsp3) is 0.381. The van der Waals surface area contributed by atoms with Gasteiger partial charge in [-0.15, -0.1) is 11.8 Å². The molecule has 0 saturated carbocycles. The van der Waals surface area contributed by atoms with Crippen LogP contribution >= 0.6 is 11.8 Å². The predicted octanol–water partition coefficient (Wildman–Crippen LogP) is 4.11. The van der Waals surface area contributed by atoms with Crippen molar-refractivity contribution in [1.29, 1.82) is 0 Å². The third kappa shape index (κ3) is 6.09. The second-order valence-electron chi connectivity index (χ2n) is 7.80. The van der Waals surface area contributed by atoms with Crippen molar-refractivity contribution in [3.8, 4) is 0 Å². The number of hydrogen-bond acceptors (Lipinski definition) is 4. The zero-order chi connectivity index (χ0) is 20.9. The van der Waals surface area contributed by atoms with Crippen LogP contribution < -0.4 is 5.32 Å². The number of thioether (sulfide) groups is 1. The van der Waals surface area contributed by atoms with Crippen LogP contribution in [0.5, 0.6) is 0 Å². The standard InChI is InChI=1S/C21H28N2O3S2/c1-21(2,3)17-11-9-16(10-12-17)14-27-15-20(24)22-18-7-6-8-19(13-18)28(25,26)23(4)5/h6-13H,14-15H2,1-5H3,(H,22,24). The molecule has 7 heteroatoms. The van der Waals surface area contributed by atoms with Crippen LogP contribution in [0.1, 0.15) is 31.9 Å². The largest absolute Gasteiger partial charge is 0.325 e. The molecular formula is C21H28N2O3S2. The van der Waals surface area contributed by atoms with Crippen LogP contribution in [0.4, 0.5) is 5.69 Å². The molecule has 1 N–H and O–H groups in total. The number of amides is 1. The normalized spacial score (nSPS) is 12.2. The van der Waals surface area contributed by atoms with E-state index in [1.807, 2.05) is 0 Å². The lowest BCUT2D eigenvalue weighted by Crippen LogP contribution is -2.22. The summed E-state index contributed by atoms with van der Waals surface area (Å²) >= 11 is 1.52. The van der Waals surface area contributed by atoms with Gasteiger partial charge in [-0.2, -0.15) is 0 Å². The Labute approximate surface area is 172 Å². The summed E-state index contributed by atoms with van der Waals surface area (Å²) in [4.78, 5) is 12.3. The molecule has 28 heavy (non-hydrogen) atoms. The van der Waals surface area contributed by atoms with Crippen molar-refractivity contribution < 1.29 is 13.2 Å². The molecular weight excluding hydrogens is 392 g/mol. The van der Waals surface area contributed by atoms with Crippen molar-refractivity contribution in [2.24, 2.45) is 0 Å². The molecule has 0 bridgehead atoms. The number of rotatable bonds is 7. The average Bonchev–Trinajstić information content (AvgIpc) is 2.61. The summed E-state index contributed by atoms with van der Waals surface area (Å²) in [6.45, 7) is 6.54. The first-order chi connectivity index (χ1) is 13.0. The Morgan fingerprint density at radius 2 is 1.71 bits per heavy atom. The van der Waals surface area contributed by atoms with E-state index in [1.165, 1.54) is 49.1 Å². The Hall–Kier alpha value is -1.83. The second kappa shape index (κ2) is 9.11. The summed E-state index contributed by atoms with van der Waals surface area (Å²) in [6.07, 6.45) is 0. The molecule has 0 atom stereocenters. The second-order valence-corrected chi connectivity index (χ2v) is 10.9. The Morgan fingerprint density at radius 3 is 2.29 bits per heavy atom. The van der Waals surface area contributed by atoms with Gasteiger partial charge in [0.1, 0.15) is 0 Å². The van der Waals surface area contributed by atoms with Gasteiger partial charge < -0.3 is 5.32 Å². The van der Waals surface area contributed by atoms with Gasteiger partial charge in [-0.05, 0) is 34.7 Å². The summed E-state index contributed by atoms with van der Waals surface area (Å²) in [5, 5.41) is 2.77. The molecule has 0 radical (unpaired) electrons. The van der Waals surface area contributed by atoms with Gasteiger partial charge in [0.2, 0.25) is 15.9 Å². The highest BCUT2D eigenvalue weighted by molar-refractivity contribution is 7.99. The molecule has 152 valence electrons. The smallest absolute Gasteiger partial charge is 0.242 e. The molecule has 1 amide bonds. The Bertz CT molecular complexity index is 915. The van der Waals surface area contributed by atoms with Crippen molar-refractivity contribution in [1.82, 2.24) is 4.31 Å². The zero-order valence-electron chi connectivity index (χ0n) is 17.0. The van der Waals surface area contributed by atoms with Crippen LogP contribution in [0.15, 0.2) is 53.4 Å². The number of sulfonamides is 1. The minimum absolute atomic E-state index is 0.125. The first-order valence-electron chi connectivity index (χ1n) is 9.00. The van der Waals surface area contributed by atoms with E-state index in [-0.39, 0.29) is 16.2 Å². The Kier molecular flexibility index (Phi) is 7.31. The molecule has 0 aliphatic carbocycles. The molecule has 5 nitrogen and oxygen atoms in total. The molecule has 0 aliphatic rings. The maximum absolute atomic E-state index is 12.2. The zero-order valence-corrected chi connectivity index (χ0v) is 18.7. The van der Waals surface area contributed by atoms with Gasteiger partial charge in [0.25, 0.3) is 0 Å². The van der Waals surface area contributed by atoms with Crippen molar-refractivity contribution in [2.75, 3.05) is 25.2 Å². The highest BCUT2D eigenvalue weighted by Gasteiger charge is 2.17. The van der Waals surface area contributed by atoms with Crippen molar-refractivity contribution in [3.63, 3.8) is 0 Å². The predicted molar refractivity (Wildman–Crippen MR) is 117 cm³/mol. The highest BCUT2D eigenvalue weighted by atomic mass is 32.2. The van der Waals surface area contributed by atoms with Crippen LogP contribution in [-0.2, 0) is 26.0 Å². The molecule has 0 fully saturated rings. The van der Waals surface area contributed by atoms with E-state index in [4.69, 9.17) is 0 Å². The summed E-state index contributed by atoms with van der Waals surface area (Å²) in [5.41, 5.74) is 3.06. The van der Waals surface area contributed by atoms with Crippen LogP contribution in [0, 0.1) is 0 Å². The maximum atomic E-state index is 12.2. The SMILES string of the molecule is CN(C)S(=O)(=O)c1cccc(NC(=O)CSCc2ccc(C(C)(C)C)cc2)c1. The summed E-state index contributed by atoms with van der Waals surface area (Å²) in [5.74, 6) is 0.884. The molecule has 0 unspecified atom stereocenters. The fourth-order valence-corrected chi connectivity index (χ4v) is 4.24. The summed E-state index contributed by atoms with van der Waals surface area (Å²) in [6, 6.07) is 14.8. The van der Waals surface area contributed by atoms with Crippen LogP contribution in [0.25, 0.3) is 0 Å². The third-order valence-electron chi connectivity index (χ3n) is 4.22. The topological polar surface area (TPSA) is 66.5 Å². The van der Waals surface area contributed by atoms with Gasteiger partial charge in [-0.1, -0.05) is 51.1 Å². The van der Waals surface area contributed by atoms with E-state index >= 15 is 0 Å². The van der Waals surface area contributed by atoms with E-state index in [2.05, 4.69) is 50.4 Å². The molecule has 0 saturated heterocycles. The molecule has 2 rings (SSSR count). The minimum Gasteiger partial charge on any atom is -0.325 e. The van der Waals surface area contributed by atoms with Crippen molar-refractivity contribution in [3.05, 3.63) is 59.7 Å². The molecule has 2 aromatic carbocycles. The molecule has 0 spiro atoms. The van der Waals surface area contributed by atoms with E-state index in [0.717, 1.165) is 10.1 Å². The van der Waals surface area contributed by atoms with Gasteiger partial charge in [0, 0.05) is 25.5 Å². The number of hydrogen-bond donors (Lipinski definition) is 1. The van der Waals surface area contributed by atoms with Crippen LogP contribution in [-0.4, -0.2) is 38.5 Å².